The minimum atomic E-state index is -0.00886. The van der Waals surface area contributed by atoms with Gasteiger partial charge in [0, 0.05) is 31.1 Å². The van der Waals surface area contributed by atoms with Crippen molar-refractivity contribution in [3.63, 3.8) is 0 Å². The molecule has 0 spiro atoms. The van der Waals surface area contributed by atoms with E-state index < -0.39 is 0 Å². The van der Waals surface area contributed by atoms with Crippen molar-refractivity contribution in [2.24, 2.45) is 0 Å². The molecular formula is C20H28N2O4. The Balaban J connectivity index is 1.75. The highest BCUT2D eigenvalue weighted by Gasteiger charge is 2.33. The van der Waals surface area contributed by atoms with E-state index in [1.807, 2.05) is 23.1 Å². The molecule has 0 aliphatic carbocycles. The van der Waals surface area contributed by atoms with Gasteiger partial charge in [0.2, 0.25) is 11.8 Å². The molecule has 0 radical (unpaired) electrons. The van der Waals surface area contributed by atoms with Crippen molar-refractivity contribution in [2.45, 2.75) is 44.6 Å². The molecule has 2 saturated heterocycles. The second-order valence-corrected chi connectivity index (χ2v) is 6.98. The standard InChI is InChI=1S/C20H28N2O4/c1-25-15-9-10-16(18(13-15)26-2)17-7-6-12-22(17)20(24)14-21-11-5-3-4-8-19(21)23/h9-10,13,17H,3-8,11-12,14H2,1-2H3. The molecule has 1 aromatic carbocycles. The molecule has 6 nitrogen and oxygen atoms in total. The number of carbonyl (C=O) groups is 2. The van der Waals surface area contributed by atoms with E-state index in [0.29, 0.717) is 13.0 Å². The van der Waals surface area contributed by atoms with Crippen molar-refractivity contribution in [1.82, 2.24) is 9.80 Å². The molecule has 0 N–H and O–H groups in total. The Morgan fingerprint density at radius 2 is 1.96 bits per heavy atom. The summed E-state index contributed by atoms with van der Waals surface area (Å²) in [6, 6.07) is 5.72. The van der Waals surface area contributed by atoms with Gasteiger partial charge in [0.05, 0.1) is 26.8 Å². The molecule has 2 amide bonds. The summed E-state index contributed by atoms with van der Waals surface area (Å²) < 4.78 is 10.8. The summed E-state index contributed by atoms with van der Waals surface area (Å²) in [6.07, 6.45) is 5.39. The van der Waals surface area contributed by atoms with Crippen molar-refractivity contribution in [3.05, 3.63) is 23.8 Å². The third-order valence-electron chi connectivity index (χ3n) is 5.37. The summed E-state index contributed by atoms with van der Waals surface area (Å²) in [5.74, 6) is 1.60. The van der Waals surface area contributed by atoms with E-state index in [1.54, 1.807) is 19.1 Å². The van der Waals surface area contributed by atoms with Crippen molar-refractivity contribution in [3.8, 4) is 11.5 Å². The molecule has 2 heterocycles. The van der Waals surface area contributed by atoms with Crippen LogP contribution in [-0.2, 0) is 9.59 Å². The Bertz CT molecular complexity index is 661. The Labute approximate surface area is 155 Å². The number of carbonyl (C=O) groups excluding carboxylic acids is 2. The molecule has 0 saturated carbocycles. The van der Waals surface area contributed by atoms with Gasteiger partial charge in [-0.2, -0.15) is 0 Å². The van der Waals surface area contributed by atoms with E-state index >= 15 is 0 Å². The number of benzene rings is 1. The SMILES string of the molecule is COc1ccc(C2CCCN2C(=O)CN2CCCCCC2=O)c(OC)c1. The van der Waals surface area contributed by atoms with Gasteiger partial charge in [-0.15, -0.1) is 0 Å². The zero-order valence-corrected chi connectivity index (χ0v) is 15.7. The van der Waals surface area contributed by atoms with Crippen LogP contribution in [0.3, 0.4) is 0 Å². The molecule has 1 unspecified atom stereocenters. The number of methoxy groups -OCH3 is 2. The summed E-state index contributed by atoms with van der Waals surface area (Å²) in [4.78, 5) is 28.8. The summed E-state index contributed by atoms with van der Waals surface area (Å²) in [5.41, 5.74) is 1.00. The Morgan fingerprint density at radius 1 is 1.12 bits per heavy atom. The van der Waals surface area contributed by atoms with Crippen LogP contribution in [0.25, 0.3) is 0 Å². The fraction of sp³-hybridized carbons (Fsp3) is 0.600. The van der Waals surface area contributed by atoms with Crippen LogP contribution in [0, 0.1) is 0 Å². The first kappa shape index (κ1) is 18.5. The number of nitrogens with zero attached hydrogens (tertiary/aromatic N) is 2. The topological polar surface area (TPSA) is 59.1 Å². The van der Waals surface area contributed by atoms with Crippen LogP contribution in [0.5, 0.6) is 11.5 Å². The highest BCUT2D eigenvalue weighted by Crippen LogP contribution is 2.38. The van der Waals surface area contributed by atoms with E-state index in [1.165, 1.54) is 0 Å². The first-order chi connectivity index (χ1) is 12.6. The Kier molecular flexibility index (Phi) is 6.01. The molecule has 0 bridgehead atoms. The zero-order valence-electron chi connectivity index (χ0n) is 15.7. The average molecular weight is 360 g/mol. The van der Waals surface area contributed by atoms with Crippen LogP contribution >= 0.6 is 0 Å². The smallest absolute Gasteiger partial charge is 0.242 e. The van der Waals surface area contributed by atoms with E-state index in [2.05, 4.69) is 0 Å². The Morgan fingerprint density at radius 3 is 2.73 bits per heavy atom. The van der Waals surface area contributed by atoms with Gasteiger partial charge in [0.25, 0.3) is 0 Å². The lowest BCUT2D eigenvalue weighted by Gasteiger charge is -2.29. The molecule has 1 aromatic rings. The summed E-state index contributed by atoms with van der Waals surface area (Å²) in [6.45, 7) is 1.60. The summed E-state index contributed by atoms with van der Waals surface area (Å²) in [7, 11) is 3.26. The fourth-order valence-corrected chi connectivity index (χ4v) is 3.94. The van der Waals surface area contributed by atoms with Gasteiger partial charge in [-0.1, -0.05) is 6.42 Å². The quantitative estimate of drug-likeness (QED) is 0.810. The Hall–Kier alpha value is -2.24. The average Bonchev–Trinajstić information content (AvgIpc) is 3.07. The van der Waals surface area contributed by atoms with Gasteiger partial charge in [-0.05, 0) is 37.8 Å². The molecule has 2 aliphatic rings. The van der Waals surface area contributed by atoms with Gasteiger partial charge < -0.3 is 19.3 Å². The number of rotatable bonds is 5. The van der Waals surface area contributed by atoms with Gasteiger partial charge in [-0.3, -0.25) is 9.59 Å². The highest BCUT2D eigenvalue weighted by atomic mass is 16.5. The zero-order chi connectivity index (χ0) is 18.5. The predicted molar refractivity (Wildman–Crippen MR) is 98.3 cm³/mol. The third kappa shape index (κ3) is 3.94. The normalized spacial score (nSPS) is 20.8. The molecular weight excluding hydrogens is 332 g/mol. The maximum absolute atomic E-state index is 12.9. The molecule has 6 heteroatoms. The minimum Gasteiger partial charge on any atom is -0.497 e. The minimum absolute atomic E-state index is 0.00886. The maximum Gasteiger partial charge on any atom is 0.242 e. The molecule has 0 aromatic heterocycles. The van der Waals surface area contributed by atoms with E-state index in [-0.39, 0.29) is 24.4 Å². The largest absolute Gasteiger partial charge is 0.497 e. The maximum atomic E-state index is 12.9. The van der Waals surface area contributed by atoms with E-state index in [0.717, 1.165) is 55.7 Å². The first-order valence-corrected chi connectivity index (χ1v) is 9.43. The van der Waals surface area contributed by atoms with Crippen molar-refractivity contribution in [1.29, 1.82) is 0 Å². The van der Waals surface area contributed by atoms with Crippen LogP contribution < -0.4 is 9.47 Å². The first-order valence-electron chi connectivity index (χ1n) is 9.43. The number of ether oxygens (including phenoxy) is 2. The molecule has 3 rings (SSSR count). The van der Waals surface area contributed by atoms with Crippen LogP contribution in [0.1, 0.15) is 50.1 Å². The van der Waals surface area contributed by atoms with Crippen molar-refractivity contribution < 1.29 is 19.1 Å². The summed E-state index contributed by atoms with van der Waals surface area (Å²) >= 11 is 0. The fourth-order valence-electron chi connectivity index (χ4n) is 3.94. The molecule has 26 heavy (non-hydrogen) atoms. The van der Waals surface area contributed by atoms with Crippen LogP contribution in [0.15, 0.2) is 18.2 Å². The van der Waals surface area contributed by atoms with Crippen LogP contribution in [0.2, 0.25) is 0 Å². The molecule has 2 fully saturated rings. The van der Waals surface area contributed by atoms with Gasteiger partial charge in [-0.25, -0.2) is 0 Å². The lowest BCUT2D eigenvalue weighted by molar-refractivity contribution is -0.140. The van der Waals surface area contributed by atoms with Crippen molar-refractivity contribution in [2.75, 3.05) is 33.9 Å². The van der Waals surface area contributed by atoms with Crippen LogP contribution in [0.4, 0.5) is 0 Å². The van der Waals surface area contributed by atoms with E-state index in [4.69, 9.17) is 9.47 Å². The second kappa shape index (κ2) is 8.43. The number of hydrogen-bond acceptors (Lipinski definition) is 4. The molecule has 1 atom stereocenters. The van der Waals surface area contributed by atoms with Gasteiger partial charge >= 0.3 is 0 Å². The molecule has 142 valence electrons. The van der Waals surface area contributed by atoms with Gasteiger partial charge in [0.15, 0.2) is 0 Å². The third-order valence-corrected chi connectivity index (χ3v) is 5.37. The lowest BCUT2D eigenvalue weighted by Crippen LogP contribution is -2.42. The lowest BCUT2D eigenvalue weighted by atomic mass is 10.0. The molecule has 2 aliphatic heterocycles. The van der Waals surface area contributed by atoms with E-state index in [9.17, 15) is 9.59 Å². The number of likely N-dealkylation sites (tertiary alicyclic amines) is 2. The number of amides is 2. The monoisotopic (exact) mass is 360 g/mol. The van der Waals surface area contributed by atoms with Crippen LogP contribution in [-0.4, -0.2) is 55.5 Å². The van der Waals surface area contributed by atoms with Gasteiger partial charge in [0.1, 0.15) is 11.5 Å². The van der Waals surface area contributed by atoms with Crippen molar-refractivity contribution >= 4 is 11.8 Å². The summed E-state index contributed by atoms with van der Waals surface area (Å²) in [5, 5.41) is 0. The highest BCUT2D eigenvalue weighted by molar-refractivity contribution is 5.85. The second-order valence-electron chi connectivity index (χ2n) is 6.98. The predicted octanol–water partition coefficient (Wildman–Crippen LogP) is 2.77. The number of hydrogen-bond donors (Lipinski definition) is 0.